The quantitative estimate of drug-likeness (QED) is 0.156. The summed E-state index contributed by atoms with van der Waals surface area (Å²) < 4.78 is 52.0. The molecular formula is C41H43F3N4O4S3. The minimum atomic E-state index is -1.75. The molecule has 4 fully saturated rings. The molecule has 5 heterocycles. The average Bonchev–Trinajstić information content (AvgIpc) is 4.01. The number of hydrogen-bond donors (Lipinski definition) is 0. The number of carbonyl (C=O) groups is 4. The van der Waals surface area contributed by atoms with Gasteiger partial charge in [-0.05, 0) is 55.6 Å². The highest BCUT2D eigenvalue weighted by molar-refractivity contribution is 7.35. The van der Waals surface area contributed by atoms with Crippen molar-refractivity contribution >= 4 is 119 Å². The normalized spacial score (nSPS) is 30.5. The molecule has 0 amide bonds. The third kappa shape index (κ3) is 5.69. The minimum Gasteiger partial charge on any atom is -0.337 e. The van der Waals surface area contributed by atoms with Crippen LogP contribution in [0.15, 0.2) is 22.1 Å². The van der Waals surface area contributed by atoms with E-state index in [0.717, 1.165) is 66.8 Å². The Bertz CT molecular complexity index is 2290. The number of alkyl halides is 3. The first kappa shape index (κ1) is 37.1. The van der Waals surface area contributed by atoms with Crippen LogP contribution in [-0.2, 0) is 32.3 Å². The van der Waals surface area contributed by atoms with Crippen LogP contribution in [-0.4, -0.2) is 62.2 Å². The topological polar surface area (TPSA) is 103 Å². The molecule has 0 radical (unpaired) electrons. The van der Waals surface area contributed by atoms with E-state index in [4.69, 9.17) is 4.99 Å². The van der Waals surface area contributed by atoms with Crippen LogP contribution >= 0.6 is 34.0 Å². The number of rotatable bonds is 8. The molecule has 0 bridgehead atoms. The lowest BCUT2D eigenvalue weighted by atomic mass is 9.75. The fourth-order valence-corrected chi connectivity index (χ4v) is 13.0. The molecule has 0 aromatic carbocycles. The molecule has 0 spiro atoms. The van der Waals surface area contributed by atoms with Crippen molar-refractivity contribution < 1.29 is 32.3 Å². The van der Waals surface area contributed by atoms with Crippen molar-refractivity contribution in [2.45, 2.75) is 105 Å². The molecule has 14 heteroatoms. The molecule has 0 N–H and O–H groups in total. The zero-order valence-electron chi connectivity index (χ0n) is 31.4. The Labute approximate surface area is 327 Å². The molecule has 10 atom stereocenters. The van der Waals surface area contributed by atoms with Crippen molar-refractivity contribution in [1.29, 1.82) is 0 Å². The number of thiophene rings is 3. The Kier molecular flexibility index (Phi) is 9.16. The molecule has 5 aromatic heterocycles. The van der Waals surface area contributed by atoms with E-state index < -0.39 is 53.8 Å². The molecule has 0 aliphatic heterocycles. The van der Waals surface area contributed by atoms with Crippen LogP contribution in [0.1, 0.15) is 73.1 Å². The summed E-state index contributed by atoms with van der Waals surface area (Å²) in [6.45, 7) is 12.0. The number of ketones is 4. The molecule has 4 aliphatic rings. The molecule has 4 saturated carbocycles. The van der Waals surface area contributed by atoms with E-state index in [0.29, 0.717) is 28.3 Å². The number of fused-ring (bicyclic) bond motifs is 9. The standard InChI is InChI=1S/C41H43F3N4O4S3/c1-6-16(3)14-47-26-12-28(45-30-34(49)19-8-18(5)23(42)9-20(19)35(30)50)53-38(26)40-32(47)33-41(55-40)39-27(48(33)15-17(4)7-2)13-29(54-39)46-31-36(51)21-10-24(43)25(44)11-22(21)37(31)52/h12-13,16-25H,6-11,14-15H2,1-5H3. The maximum absolute atomic E-state index is 14.6. The van der Waals surface area contributed by atoms with Crippen molar-refractivity contribution in [1.82, 2.24) is 9.13 Å². The molecule has 0 saturated heterocycles. The van der Waals surface area contributed by atoms with Crippen LogP contribution in [0.2, 0.25) is 0 Å². The maximum atomic E-state index is 14.6. The lowest BCUT2D eigenvalue weighted by molar-refractivity contribution is -0.123. The van der Waals surface area contributed by atoms with E-state index in [1.807, 2.05) is 12.1 Å². The summed E-state index contributed by atoms with van der Waals surface area (Å²) in [7, 11) is 0. The lowest BCUT2D eigenvalue weighted by Gasteiger charge is -2.30. The summed E-state index contributed by atoms with van der Waals surface area (Å²) >= 11 is 4.54. The van der Waals surface area contributed by atoms with Gasteiger partial charge >= 0.3 is 0 Å². The van der Waals surface area contributed by atoms with Crippen molar-refractivity contribution in [3.63, 3.8) is 0 Å². The van der Waals surface area contributed by atoms with Crippen molar-refractivity contribution in [2.24, 2.45) is 51.4 Å². The van der Waals surface area contributed by atoms with Gasteiger partial charge in [0.2, 0.25) is 0 Å². The van der Waals surface area contributed by atoms with Gasteiger partial charge in [-0.15, -0.1) is 34.0 Å². The zero-order valence-corrected chi connectivity index (χ0v) is 33.8. The van der Waals surface area contributed by atoms with E-state index in [1.54, 1.807) is 18.3 Å². The van der Waals surface area contributed by atoms with Gasteiger partial charge in [-0.2, -0.15) is 0 Å². The van der Waals surface area contributed by atoms with E-state index in [2.05, 4.69) is 41.8 Å². The third-order valence-electron chi connectivity index (χ3n) is 12.9. The Morgan fingerprint density at radius 2 is 1.00 bits per heavy atom. The number of aliphatic imine (C=N–C) groups is 2. The van der Waals surface area contributed by atoms with Crippen molar-refractivity contribution in [3.05, 3.63) is 12.1 Å². The fourth-order valence-electron chi connectivity index (χ4n) is 9.30. The first-order chi connectivity index (χ1) is 26.3. The highest BCUT2D eigenvalue weighted by Gasteiger charge is 2.53. The maximum Gasteiger partial charge on any atom is 0.188 e. The Morgan fingerprint density at radius 1 is 0.618 bits per heavy atom. The first-order valence-electron chi connectivity index (χ1n) is 19.6. The van der Waals surface area contributed by atoms with E-state index in [1.165, 1.54) is 22.7 Å². The largest absolute Gasteiger partial charge is 0.337 e. The summed E-state index contributed by atoms with van der Waals surface area (Å²) in [6, 6.07) is 3.92. The molecule has 290 valence electrons. The summed E-state index contributed by atoms with van der Waals surface area (Å²) in [5.74, 6) is -4.01. The van der Waals surface area contributed by atoms with E-state index >= 15 is 0 Å². The Hall–Kier alpha value is -3.49. The second-order valence-electron chi connectivity index (χ2n) is 16.6. The van der Waals surface area contributed by atoms with Crippen LogP contribution in [0, 0.1) is 41.4 Å². The molecule has 5 aromatic rings. The van der Waals surface area contributed by atoms with Crippen LogP contribution in [0.4, 0.5) is 23.2 Å². The highest BCUT2D eigenvalue weighted by Crippen LogP contribution is 2.52. The second kappa shape index (κ2) is 13.6. The molecule has 9 rings (SSSR count). The third-order valence-corrected chi connectivity index (χ3v) is 16.5. The molecular weight excluding hydrogens is 766 g/mol. The van der Waals surface area contributed by atoms with Gasteiger partial charge in [0.25, 0.3) is 0 Å². The molecule has 8 nitrogen and oxygen atoms in total. The zero-order chi connectivity index (χ0) is 38.8. The molecule has 10 unspecified atom stereocenters. The summed E-state index contributed by atoms with van der Waals surface area (Å²) in [4.78, 5) is 62.8. The van der Waals surface area contributed by atoms with Gasteiger partial charge in [0.15, 0.2) is 34.6 Å². The average molecular weight is 809 g/mol. The van der Waals surface area contributed by atoms with Crippen molar-refractivity contribution in [2.75, 3.05) is 0 Å². The van der Waals surface area contributed by atoms with Crippen LogP contribution < -0.4 is 0 Å². The number of halogens is 3. The van der Waals surface area contributed by atoms with Crippen LogP contribution in [0.5, 0.6) is 0 Å². The fraction of sp³-hybridized carbons (Fsp3) is 0.561. The SMILES string of the molecule is CCC(C)Cn1c2cc(N=C3C(=O)C4CC(C)C(F)CC4C3=O)sc2c2sc3c4sc(N=C5C(=O)C6CC(F)C(F)CC6C5=O)cc4n(CC(C)CC)c3c21. The number of aromatic nitrogens is 2. The van der Waals surface area contributed by atoms with Gasteiger partial charge in [0.1, 0.15) is 28.5 Å². The predicted molar refractivity (Wildman–Crippen MR) is 215 cm³/mol. The minimum absolute atomic E-state index is 0.0526. The lowest BCUT2D eigenvalue weighted by Crippen LogP contribution is -2.35. The number of carbonyl (C=O) groups excluding carboxylic acids is 4. The smallest absolute Gasteiger partial charge is 0.188 e. The number of Topliss-reactive ketones (excluding diaryl/α,β-unsaturated/α-hetero) is 4. The Morgan fingerprint density at radius 3 is 1.40 bits per heavy atom. The summed E-state index contributed by atoms with van der Waals surface area (Å²) in [6.07, 6.45) is -2.83. The van der Waals surface area contributed by atoms with Gasteiger partial charge in [0.05, 0.1) is 40.9 Å². The molecule has 55 heavy (non-hydrogen) atoms. The van der Waals surface area contributed by atoms with Crippen LogP contribution in [0.25, 0.3) is 40.9 Å². The van der Waals surface area contributed by atoms with E-state index in [9.17, 15) is 32.3 Å². The highest BCUT2D eigenvalue weighted by atomic mass is 32.1. The second-order valence-corrected chi connectivity index (χ2v) is 19.7. The molecule has 4 aliphatic carbocycles. The van der Waals surface area contributed by atoms with Crippen LogP contribution in [0.3, 0.4) is 0 Å². The Balaban J connectivity index is 1.18. The van der Waals surface area contributed by atoms with Gasteiger partial charge in [-0.25, -0.2) is 23.2 Å². The monoisotopic (exact) mass is 808 g/mol. The number of nitrogens with zero attached hydrogens (tertiary/aromatic N) is 4. The van der Waals surface area contributed by atoms with Gasteiger partial charge < -0.3 is 9.13 Å². The number of hydrogen-bond acceptors (Lipinski definition) is 9. The van der Waals surface area contributed by atoms with Gasteiger partial charge in [-0.3, -0.25) is 19.2 Å². The van der Waals surface area contributed by atoms with Gasteiger partial charge in [-0.1, -0.05) is 47.5 Å². The van der Waals surface area contributed by atoms with Gasteiger partial charge in [0, 0.05) is 36.8 Å². The first-order valence-corrected chi connectivity index (χ1v) is 22.0. The van der Waals surface area contributed by atoms with E-state index in [-0.39, 0.29) is 48.2 Å². The predicted octanol–water partition coefficient (Wildman–Crippen LogP) is 10.3. The van der Waals surface area contributed by atoms with Crippen molar-refractivity contribution in [3.8, 4) is 0 Å². The summed E-state index contributed by atoms with van der Waals surface area (Å²) in [5.41, 5.74) is 3.94. The summed E-state index contributed by atoms with van der Waals surface area (Å²) in [5, 5.41) is 1.09.